The molecule has 0 rings (SSSR count). The van der Waals surface area contributed by atoms with Gasteiger partial charge in [-0.1, -0.05) is 0 Å². The lowest BCUT2D eigenvalue weighted by Crippen LogP contribution is -1.87. The number of nitriles is 1. The van der Waals surface area contributed by atoms with Gasteiger partial charge in [0.1, 0.15) is 0 Å². The van der Waals surface area contributed by atoms with Crippen molar-refractivity contribution >= 4 is 6.21 Å². The average molecular weight is 96.1 g/mol. The van der Waals surface area contributed by atoms with Crippen LogP contribution in [0.1, 0.15) is 13.3 Å². The van der Waals surface area contributed by atoms with E-state index in [1.807, 2.05) is 6.07 Å². The van der Waals surface area contributed by atoms with Crippen LogP contribution in [0.4, 0.5) is 0 Å². The van der Waals surface area contributed by atoms with Crippen LogP contribution in [0.5, 0.6) is 0 Å². The Morgan fingerprint density at radius 2 is 2.57 bits per heavy atom. The molecule has 2 nitrogen and oxygen atoms in total. The third-order valence-corrected chi connectivity index (χ3v) is 0.692. The molecule has 0 saturated carbocycles. The summed E-state index contributed by atoms with van der Waals surface area (Å²) in [7, 11) is 0. The minimum Gasteiger partial charge on any atom is -0.313 e. The van der Waals surface area contributed by atoms with Crippen LogP contribution in [0.15, 0.2) is 0 Å². The van der Waals surface area contributed by atoms with E-state index in [1.165, 1.54) is 6.21 Å². The van der Waals surface area contributed by atoms with Gasteiger partial charge in [-0.2, -0.15) is 5.26 Å². The third-order valence-electron chi connectivity index (χ3n) is 0.692. The Morgan fingerprint density at radius 3 is 2.71 bits per heavy atom. The van der Waals surface area contributed by atoms with E-state index in [2.05, 4.69) is 0 Å². The van der Waals surface area contributed by atoms with Gasteiger partial charge in [0.15, 0.2) is 0 Å². The molecule has 0 aliphatic heterocycles. The molecule has 0 aliphatic carbocycles. The van der Waals surface area contributed by atoms with E-state index < -0.39 is 0 Å². The molecule has 1 atom stereocenters. The number of nitrogens with zero attached hydrogens (tertiary/aromatic N) is 1. The third kappa shape index (κ3) is 2.98. The minimum atomic E-state index is 0.0116. The first kappa shape index (κ1) is 6.16. The molecule has 0 saturated heterocycles. The standard InChI is InChI=1S/C5H8N2/c1-5(4-7)2-3-6/h3,5-6H,2H2,1H3. The minimum absolute atomic E-state index is 0.0116. The molecule has 0 aromatic rings. The first-order valence-electron chi connectivity index (χ1n) is 2.19. The summed E-state index contributed by atoms with van der Waals surface area (Å²) in [4.78, 5) is 0. The van der Waals surface area contributed by atoms with E-state index in [9.17, 15) is 0 Å². The molecule has 1 N–H and O–H groups in total. The maximum Gasteiger partial charge on any atom is 0.0656 e. The van der Waals surface area contributed by atoms with Gasteiger partial charge in [0.2, 0.25) is 0 Å². The second-order valence-electron chi connectivity index (χ2n) is 1.47. The normalized spacial score (nSPS) is 12.0. The molecule has 0 aromatic carbocycles. The zero-order valence-corrected chi connectivity index (χ0v) is 4.31. The zero-order chi connectivity index (χ0) is 5.70. The van der Waals surface area contributed by atoms with Gasteiger partial charge < -0.3 is 5.41 Å². The molecular weight excluding hydrogens is 88.1 g/mol. The summed E-state index contributed by atoms with van der Waals surface area (Å²) in [5.74, 6) is 0.0116. The largest absolute Gasteiger partial charge is 0.313 e. The predicted octanol–water partition coefficient (Wildman–Crippen LogP) is 1.19. The Hall–Kier alpha value is -0.840. The summed E-state index contributed by atoms with van der Waals surface area (Å²) < 4.78 is 0. The van der Waals surface area contributed by atoms with Crippen molar-refractivity contribution < 1.29 is 0 Å². The fourth-order valence-electron chi connectivity index (χ4n) is 0.229. The molecule has 38 valence electrons. The van der Waals surface area contributed by atoms with Gasteiger partial charge in [0, 0.05) is 5.92 Å². The highest BCUT2D eigenvalue weighted by Gasteiger charge is 1.91. The lowest BCUT2D eigenvalue weighted by Gasteiger charge is -1.88. The summed E-state index contributed by atoms with van der Waals surface area (Å²) in [5, 5.41) is 14.7. The molecule has 0 amide bonds. The molecule has 2 heteroatoms. The van der Waals surface area contributed by atoms with E-state index in [0.717, 1.165) is 0 Å². The summed E-state index contributed by atoms with van der Waals surface area (Å²) >= 11 is 0. The van der Waals surface area contributed by atoms with Crippen LogP contribution < -0.4 is 0 Å². The maximum atomic E-state index is 8.11. The van der Waals surface area contributed by atoms with Crippen LogP contribution in [0, 0.1) is 22.7 Å². The van der Waals surface area contributed by atoms with Crippen LogP contribution >= 0.6 is 0 Å². The molecule has 0 aromatic heterocycles. The van der Waals surface area contributed by atoms with Gasteiger partial charge in [-0.05, 0) is 19.6 Å². The highest BCUT2D eigenvalue weighted by atomic mass is 14.3. The van der Waals surface area contributed by atoms with Crippen molar-refractivity contribution in [3.63, 3.8) is 0 Å². The van der Waals surface area contributed by atoms with Crippen LogP contribution in [0.3, 0.4) is 0 Å². The Bertz CT molecular complexity index is 90.7. The molecule has 0 spiro atoms. The fourth-order valence-corrected chi connectivity index (χ4v) is 0.229. The molecule has 0 fully saturated rings. The van der Waals surface area contributed by atoms with Gasteiger partial charge in [0.05, 0.1) is 6.07 Å². The number of hydrogen-bond acceptors (Lipinski definition) is 2. The van der Waals surface area contributed by atoms with Gasteiger partial charge in [-0.3, -0.25) is 0 Å². The van der Waals surface area contributed by atoms with Crippen molar-refractivity contribution in [3.8, 4) is 6.07 Å². The fraction of sp³-hybridized carbons (Fsp3) is 0.600. The topological polar surface area (TPSA) is 47.6 Å². The second kappa shape index (κ2) is 3.35. The van der Waals surface area contributed by atoms with E-state index in [0.29, 0.717) is 6.42 Å². The highest BCUT2D eigenvalue weighted by Crippen LogP contribution is 1.93. The molecular formula is C5H8N2. The Kier molecular flexibility index (Phi) is 2.95. The van der Waals surface area contributed by atoms with Crippen LogP contribution in [0.25, 0.3) is 0 Å². The molecule has 0 radical (unpaired) electrons. The van der Waals surface area contributed by atoms with Gasteiger partial charge >= 0.3 is 0 Å². The molecule has 7 heavy (non-hydrogen) atoms. The van der Waals surface area contributed by atoms with Crippen molar-refractivity contribution in [2.45, 2.75) is 13.3 Å². The average Bonchev–Trinajstić information content (AvgIpc) is 1.68. The quantitative estimate of drug-likeness (QED) is 0.515. The first-order chi connectivity index (χ1) is 3.31. The van der Waals surface area contributed by atoms with Crippen molar-refractivity contribution in [1.82, 2.24) is 0 Å². The first-order valence-corrected chi connectivity index (χ1v) is 2.19. The SMILES string of the molecule is CC(C#N)CC=N. The van der Waals surface area contributed by atoms with Crippen LogP contribution in [0.2, 0.25) is 0 Å². The maximum absolute atomic E-state index is 8.11. The van der Waals surface area contributed by atoms with Gasteiger partial charge in [-0.15, -0.1) is 0 Å². The summed E-state index contributed by atoms with van der Waals surface area (Å²) in [6.45, 7) is 1.80. The molecule has 0 aliphatic rings. The number of rotatable bonds is 2. The van der Waals surface area contributed by atoms with E-state index in [-0.39, 0.29) is 5.92 Å². The molecule has 0 bridgehead atoms. The van der Waals surface area contributed by atoms with Crippen molar-refractivity contribution in [2.75, 3.05) is 0 Å². The smallest absolute Gasteiger partial charge is 0.0656 e. The van der Waals surface area contributed by atoms with E-state index >= 15 is 0 Å². The Morgan fingerprint density at radius 1 is 2.00 bits per heavy atom. The Balaban J connectivity index is 3.21. The molecule has 1 unspecified atom stereocenters. The zero-order valence-electron chi connectivity index (χ0n) is 4.31. The van der Waals surface area contributed by atoms with Gasteiger partial charge in [0.25, 0.3) is 0 Å². The lowest BCUT2D eigenvalue weighted by molar-refractivity contribution is 0.792. The van der Waals surface area contributed by atoms with E-state index in [4.69, 9.17) is 10.7 Å². The Labute approximate surface area is 43.3 Å². The second-order valence-corrected chi connectivity index (χ2v) is 1.47. The number of nitrogens with one attached hydrogen (secondary N) is 1. The summed E-state index contributed by atoms with van der Waals surface area (Å²) in [5.41, 5.74) is 0. The van der Waals surface area contributed by atoms with Gasteiger partial charge in [-0.25, -0.2) is 0 Å². The highest BCUT2D eigenvalue weighted by molar-refractivity contribution is 5.53. The van der Waals surface area contributed by atoms with Crippen molar-refractivity contribution in [1.29, 1.82) is 10.7 Å². The van der Waals surface area contributed by atoms with Crippen LogP contribution in [-0.2, 0) is 0 Å². The monoisotopic (exact) mass is 96.1 g/mol. The van der Waals surface area contributed by atoms with E-state index in [1.54, 1.807) is 6.92 Å². The van der Waals surface area contributed by atoms with Crippen molar-refractivity contribution in [3.05, 3.63) is 0 Å². The predicted molar refractivity (Wildman–Crippen MR) is 28.2 cm³/mol. The van der Waals surface area contributed by atoms with Crippen molar-refractivity contribution in [2.24, 2.45) is 5.92 Å². The molecule has 0 heterocycles. The summed E-state index contributed by atoms with van der Waals surface area (Å²) in [6, 6.07) is 2.01. The number of hydrogen-bond donors (Lipinski definition) is 1. The van der Waals surface area contributed by atoms with Crippen LogP contribution in [-0.4, -0.2) is 6.21 Å². The lowest BCUT2D eigenvalue weighted by atomic mass is 10.1. The summed E-state index contributed by atoms with van der Waals surface area (Å²) in [6.07, 6.45) is 1.84.